The van der Waals surface area contributed by atoms with Crippen LogP contribution in [-0.4, -0.2) is 45.7 Å². The molecule has 0 radical (unpaired) electrons. The van der Waals surface area contributed by atoms with Gasteiger partial charge in [0, 0.05) is 49.1 Å². The summed E-state index contributed by atoms with van der Waals surface area (Å²) in [5.74, 6) is 0.541. The van der Waals surface area contributed by atoms with Crippen molar-refractivity contribution in [2.75, 3.05) is 19.7 Å². The number of hydrogen-bond donors (Lipinski definition) is 1. The molecule has 1 aliphatic rings. The van der Waals surface area contributed by atoms with Crippen LogP contribution in [-0.2, 0) is 17.6 Å². The minimum atomic E-state index is -0.310. The van der Waals surface area contributed by atoms with Gasteiger partial charge in [-0.25, -0.2) is 4.39 Å². The molecule has 0 saturated carbocycles. The summed E-state index contributed by atoms with van der Waals surface area (Å²) >= 11 is 0. The van der Waals surface area contributed by atoms with Crippen LogP contribution < -0.4 is 4.74 Å². The second-order valence-corrected chi connectivity index (χ2v) is 7.20. The fourth-order valence-corrected chi connectivity index (χ4v) is 3.55. The summed E-state index contributed by atoms with van der Waals surface area (Å²) in [6.07, 6.45) is 3.59. The zero-order valence-corrected chi connectivity index (χ0v) is 16.1. The highest BCUT2D eigenvalue weighted by atomic mass is 19.1. The maximum Gasteiger partial charge on any atom is 0.228 e. The van der Waals surface area contributed by atoms with Gasteiger partial charge in [-0.2, -0.15) is 5.10 Å². The summed E-state index contributed by atoms with van der Waals surface area (Å²) in [5.41, 5.74) is 2.73. The van der Waals surface area contributed by atoms with Crippen molar-refractivity contribution >= 4 is 5.91 Å². The van der Waals surface area contributed by atoms with Crippen molar-refractivity contribution in [2.45, 2.75) is 25.2 Å². The van der Waals surface area contributed by atoms with E-state index in [1.807, 2.05) is 29.2 Å². The first-order chi connectivity index (χ1) is 14.2. The maximum atomic E-state index is 13.2. The normalized spacial score (nSPS) is 16.2. The molecule has 3 aromatic rings. The number of aromatic nitrogens is 3. The van der Waals surface area contributed by atoms with Gasteiger partial charge in [0.25, 0.3) is 0 Å². The van der Waals surface area contributed by atoms with Gasteiger partial charge in [-0.1, -0.05) is 12.1 Å². The average Bonchev–Trinajstić information content (AvgIpc) is 3.38. The van der Waals surface area contributed by atoms with Gasteiger partial charge in [0.2, 0.25) is 5.91 Å². The first-order valence-corrected chi connectivity index (χ1v) is 9.77. The number of amides is 1. The first-order valence-electron chi connectivity index (χ1n) is 9.77. The minimum Gasteiger partial charge on any atom is -0.493 e. The van der Waals surface area contributed by atoms with E-state index in [1.165, 1.54) is 12.1 Å². The van der Waals surface area contributed by atoms with Crippen molar-refractivity contribution in [1.29, 1.82) is 0 Å². The van der Waals surface area contributed by atoms with Gasteiger partial charge in [0.05, 0.1) is 18.7 Å². The van der Waals surface area contributed by atoms with Crippen molar-refractivity contribution in [3.8, 4) is 5.75 Å². The largest absolute Gasteiger partial charge is 0.493 e. The molecule has 1 saturated heterocycles. The molecule has 1 aromatic carbocycles. The molecule has 0 bridgehead atoms. The van der Waals surface area contributed by atoms with E-state index >= 15 is 0 Å². The Labute approximate surface area is 168 Å². The number of benzene rings is 1. The number of halogens is 1. The maximum absolute atomic E-state index is 13.2. The lowest BCUT2D eigenvalue weighted by Crippen LogP contribution is -2.30. The molecular weight excluding hydrogens is 371 g/mol. The molecule has 1 fully saturated rings. The van der Waals surface area contributed by atoms with Gasteiger partial charge in [-0.3, -0.25) is 14.9 Å². The number of nitrogens with zero attached hydrogens (tertiary/aromatic N) is 3. The van der Waals surface area contributed by atoms with E-state index in [0.717, 1.165) is 30.0 Å². The number of pyridine rings is 1. The number of hydrogen-bond acceptors (Lipinski definition) is 4. The fraction of sp³-hybridized carbons (Fsp3) is 0.318. The number of carbonyl (C=O) groups excluding carboxylic acids is 1. The standard InChI is InChI=1S/C22H23FN4O2/c23-17-4-3-6-20(12-17)29-11-8-19-13-21(26-25-19)16-7-10-27(15-16)22(28)14-18-5-1-2-9-24-18/h1-6,9,12-13,16H,7-8,10-11,14-15H2,(H,25,26)/t16-/m0/s1. The Kier molecular flexibility index (Phi) is 5.84. The predicted octanol–water partition coefficient (Wildman–Crippen LogP) is 3.12. The third kappa shape index (κ3) is 4.99. The third-order valence-electron chi connectivity index (χ3n) is 5.10. The molecule has 0 aliphatic carbocycles. The molecule has 1 atom stereocenters. The summed E-state index contributed by atoms with van der Waals surface area (Å²) in [4.78, 5) is 18.6. The molecule has 1 N–H and O–H groups in total. The average molecular weight is 394 g/mol. The van der Waals surface area contributed by atoms with Crippen molar-refractivity contribution in [1.82, 2.24) is 20.1 Å². The Hall–Kier alpha value is -3.22. The van der Waals surface area contributed by atoms with E-state index in [9.17, 15) is 9.18 Å². The Morgan fingerprint density at radius 1 is 1.24 bits per heavy atom. The van der Waals surface area contributed by atoms with Gasteiger partial charge in [-0.05, 0) is 36.8 Å². The van der Waals surface area contributed by atoms with E-state index < -0.39 is 0 Å². The van der Waals surface area contributed by atoms with Crippen LogP contribution in [0.15, 0.2) is 54.7 Å². The molecule has 0 spiro atoms. The second-order valence-electron chi connectivity index (χ2n) is 7.20. The van der Waals surface area contributed by atoms with Crippen molar-refractivity contribution in [3.05, 3.63) is 77.6 Å². The van der Waals surface area contributed by atoms with Gasteiger partial charge < -0.3 is 9.64 Å². The predicted molar refractivity (Wildman–Crippen MR) is 106 cm³/mol. The molecular formula is C22H23FN4O2. The summed E-state index contributed by atoms with van der Waals surface area (Å²) in [7, 11) is 0. The Morgan fingerprint density at radius 3 is 3.00 bits per heavy atom. The fourth-order valence-electron chi connectivity index (χ4n) is 3.55. The molecule has 150 valence electrons. The Morgan fingerprint density at radius 2 is 2.17 bits per heavy atom. The van der Waals surface area contributed by atoms with E-state index in [2.05, 4.69) is 15.2 Å². The highest BCUT2D eigenvalue weighted by Gasteiger charge is 2.29. The molecule has 6 nitrogen and oxygen atoms in total. The number of aromatic amines is 1. The van der Waals surface area contributed by atoms with Crippen LogP contribution in [0, 0.1) is 5.82 Å². The summed E-state index contributed by atoms with van der Waals surface area (Å²) in [6.45, 7) is 1.85. The van der Waals surface area contributed by atoms with E-state index in [1.54, 1.807) is 18.3 Å². The summed E-state index contributed by atoms with van der Waals surface area (Å²) < 4.78 is 18.8. The monoisotopic (exact) mass is 394 g/mol. The lowest BCUT2D eigenvalue weighted by molar-refractivity contribution is -0.129. The van der Waals surface area contributed by atoms with Crippen LogP contribution in [0.4, 0.5) is 4.39 Å². The number of likely N-dealkylation sites (tertiary alicyclic amines) is 1. The summed E-state index contributed by atoms with van der Waals surface area (Å²) in [5, 5.41) is 7.47. The van der Waals surface area contributed by atoms with E-state index in [-0.39, 0.29) is 17.6 Å². The highest BCUT2D eigenvalue weighted by Crippen LogP contribution is 2.26. The van der Waals surface area contributed by atoms with Crippen molar-refractivity contribution in [2.24, 2.45) is 0 Å². The first kappa shape index (κ1) is 19.1. The number of ether oxygens (including phenoxy) is 1. The van der Waals surface area contributed by atoms with Crippen LogP contribution in [0.25, 0.3) is 0 Å². The van der Waals surface area contributed by atoms with Gasteiger partial charge in [0.1, 0.15) is 11.6 Å². The molecule has 4 rings (SSSR count). The van der Waals surface area contributed by atoms with Crippen LogP contribution in [0.5, 0.6) is 5.75 Å². The second kappa shape index (κ2) is 8.86. The van der Waals surface area contributed by atoms with E-state index in [4.69, 9.17) is 4.74 Å². The van der Waals surface area contributed by atoms with Crippen LogP contribution in [0.3, 0.4) is 0 Å². The molecule has 7 heteroatoms. The SMILES string of the molecule is O=C(Cc1ccccn1)N1CC[C@H](c2cc(CCOc3cccc(F)c3)[nH]n2)C1. The van der Waals surface area contributed by atoms with E-state index in [0.29, 0.717) is 31.7 Å². The molecule has 29 heavy (non-hydrogen) atoms. The van der Waals surface area contributed by atoms with Gasteiger partial charge in [-0.15, -0.1) is 0 Å². The molecule has 0 unspecified atom stereocenters. The Bertz CT molecular complexity index is 960. The third-order valence-corrected chi connectivity index (χ3v) is 5.10. The van der Waals surface area contributed by atoms with Gasteiger partial charge in [0.15, 0.2) is 0 Å². The molecule has 2 aromatic heterocycles. The van der Waals surface area contributed by atoms with Crippen LogP contribution in [0.1, 0.15) is 29.4 Å². The minimum absolute atomic E-state index is 0.102. The smallest absolute Gasteiger partial charge is 0.228 e. The number of H-pyrrole nitrogens is 1. The number of nitrogens with one attached hydrogen (secondary N) is 1. The molecule has 3 heterocycles. The zero-order chi connectivity index (χ0) is 20.1. The van der Waals surface area contributed by atoms with Crippen LogP contribution >= 0.6 is 0 Å². The highest BCUT2D eigenvalue weighted by molar-refractivity contribution is 5.78. The van der Waals surface area contributed by atoms with Crippen molar-refractivity contribution < 1.29 is 13.9 Å². The molecule has 1 aliphatic heterocycles. The topological polar surface area (TPSA) is 71.1 Å². The van der Waals surface area contributed by atoms with Gasteiger partial charge >= 0.3 is 0 Å². The summed E-state index contributed by atoms with van der Waals surface area (Å²) in [6, 6.07) is 13.8. The lowest BCUT2D eigenvalue weighted by atomic mass is 10.0. The quantitative estimate of drug-likeness (QED) is 0.668. The lowest BCUT2D eigenvalue weighted by Gasteiger charge is -2.15. The number of carbonyl (C=O) groups is 1. The van der Waals surface area contributed by atoms with Crippen molar-refractivity contribution in [3.63, 3.8) is 0 Å². The van der Waals surface area contributed by atoms with Crippen LogP contribution in [0.2, 0.25) is 0 Å². The zero-order valence-electron chi connectivity index (χ0n) is 16.1. The molecule has 1 amide bonds. The Balaban J connectivity index is 1.27. The number of rotatable bonds is 7.